The number of benzene rings is 2. The van der Waals surface area contributed by atoms with Crippen LogP contribution in [0.15, 0.2) is 42.6 Å². The third-order valence-electron chi connectivity index (χ3n) is 4.79. The van der Waals surface area contributed by atoms with Crippen LogP contribution in [0.1, 0.15) is 12.0 Å². The fourth-order valence-electron chi connectivity index (χ4n) is 3.02. The highest BCUT2D eigenvalue weighted by Gasteiger charge is 2.20. The van der Waals surface area contributed by atoms with E-state index in [-0.39, 0.29) is 12.1 Å². The molecular formula is C22H19ClN4O4. The number of nitrogens with one attached hydrogen (secondary N) is 2. The average Bonchev–Trinajstić information content (AvgIpc) is 2.74. The minimum absolute atomic E-state index is 0.0653. The number of urea groups is 1. The third kappa shape index (κ3) is 4.63. The van der Waals surface area contributed by atoms with Crippen LogP contribution in [0.3, 0.4) is 0 Å². The Labute approximate surface area is 183 Å². The topological polar surface area (TPSA) is 106 Å². The number of carbonyl (C=O) groups is 1. The molecule has 31 heavy (non-hydrogen) atoms. The highest BCUT2D eigenvalue weighted by Crippen LogP contribution is 2.35. The van der Waals surface area contributed by atoms with Crippen LogP contribution in [0.25, 0.3) is 10.9 Å². The smallest absolute Gasteiger partial charge is 0.319 e. The molecular weight excluding hydrogens is 420 g/mol. The number of hydrogen-bond donors (Lipinski definition) is 2. The molecule has 1 aliphatic rings. The summed E-state index contributed by atoms with van der Waals surface area (Å²) < 4.78 is 17.1. The molecule has 2 aromatic carbocycles. The van der Waals surface area contributed by atoms with Gasteiger partial charge in [0.05, 0.1) is 27.9 Å². The number of anilines is 1. The Morgan fingerprint density at radius 1 is 1.32 bits per heavy atom. The maximum Gasteiger partial charge on any atom is 0.319 e. The van der Waals surface area contributed by atoms with Crippen LogP contribution >= 0.6 is 11.6 Å². The maximum atomic E-state index is 11.5. The van der Waals surface area contributed by atoms with Crippen molar-refractivity contribution in [2.45, 2.75) is 12.5 Å². The van der Waals surface area contributed by atoms with Crippen molar-refractivity contribution < 1.29 is 19.0 Å². The lowest BCUT2D eigenvalue weighted by Gasteiger charge is -2.26. The average molecular weight is 439 g/mol. The molecule has 0 unspecified atom stereocenters. The molecule has 0 spiro atoms. The van der Waals surface area contributed by atoms with Gasteiger partial charge >= 0.3 is 6.03 Å². The number of rotatable bonds is 6. The first kappa shape index (κ1) is 20.7. The van der Waals surface area contributed by atoms with Crippen molar-refractivity contribution in [2.75, 3.05) is 25.6 Å². The van der Waals surface area contributed by atoms with Crippen LogP contribution in [0.2, 0.25) is 5.02 Å². The van der Waals surface area contributed by atoms with E-state index in [1.54, 1.807) is 42.6 Å². The molecule has 158 valence electrons. The highest BCUT2D eigenvalue weighted by atomic mass is 35.5. The molecule has 0 radical (unpaired) electrons. The van der Waals surface area contributed by atoms with E-state index >= 15 is 0 Å². The molecule has 8 nitrogen and oxygen atoms in total. The van der Waals surface area contributed by atoms with Crippen molar-refractivity contribution in [2.24, 2.45) is 0 Å². The minimum atomic E-state index is -0.373. The lowest BCUT2D eigenvalue weighted by molar-refractivity contribution is -0.0721. The normalized spacial score (nSPS) is 14.9. The Morgan fingerprint density at radius 2 is 2.16 bits per heavy atom. The second-order valence-corrected chi connectivity index (χ2v) is 7.23. The van der Waals surface area contributed by atoms with E-state index in [0.29, 0.717) is 51.0 Å². The number of amides is 2. The van der Waals surface area contributed by atoms with Gasteiger partial charge in [-0.2, -0.15) is 5.26 Å². The van der Waals surface area contributed by atoms with Gasteiger partial charge in [-0.05, 0) is 24.3 Å². The zero-order chi connectivity index (χ0) is 21.8. The maximum absolute atomic E-state index is 11.5. The summed E-state index contributed by atoms with van der Waals surface area (Å²) in [4.78, 5) is 15.9. The zero-order valence-corrected chi connectivity index (χ0v) is 17.4. The summed E-state index contributed by atoms with van der Waals surface area (Å²) in [5.41, 5.74) is 1.47. The van der Waals surface area contributed by atoms with Gasteiger partial charge in [0.2, 0.25) is 0 Å². The molecule has 4 rings (SSSR count). The van der Waals surface area contributed by atoms with Gasteiger partial charge in [-0.15, -0.1) is 0 Å². The van der Waals surface area contributed by atoms with Gasteiger partial charge in [0, 0.05) is 43.8 Å². The van der Waals surface area contributed by atoms with E-state index in [9.17, 15) is 10.1 Å². The summed E-state index contributed by atoms with van der Waals surface area (Å²) in [6.45, 7) is 1.14. The van der Waals surface area contributed by atoms with Crippen molar-refractivity contribution in [3.63, 3.8) is 0 Å². The third-order valence-corrected chi connectivity index (χ3v) is 5.10. The Morgan fingerprint density at radius 3 is 2.84 bits per heavy atom. The van der Waals surface area contributed by atoms with Crippen LogP contribution < -0.4 is 20.1 Å². The van der Waals surface area contributed by atoms with Crippen LogP contribution in [0.5, 0.6) is 17.2 Å². The van der Waals surface area contributed by atoms with Crippen LogP contribution in [-0.2, 0) is 4.74 Å². The molecule has 3 aromatic rings. The Hall–Kier alpha value is -3.54. The fourth-order valence-corrected chi connectivity index (χ4v) is 3.23. The van der Waals surface area contributed by atoms with Crippen molar-refractivity contribution in [1.29, 1.82) is 5.26 Å². The number of pyridine rings is 1. The van der Waals surface area contributed by atoms with E-state index < -0.39 is 0 Å². The zero-order valence-electron chi connectivity index (χ0n) is 16.6. The molecule has 1 aliphatic heterocycles. The molecule has 2 N–H and O–H groups in total. The molecule has 9 heteroatoms. The van der Waals surface area contributed by atoms with Gasteiger partial charge in [-0.1, -0.05) is 11.6 Å². The van der Waals surface area contributed by atoms with E-state index in [2.05, 4.69) is 21.7 Å². The summed E-state index contributed by atoms with van der Waals surface area (Å²) in [7, 11) is 1.52. The Kier molecular flexibility index (Phi) is 6.07. The summed E-state index contributed by atoms with van der Waals surface area (Å²) >= 11 is 6.26. The van der Waals surface area contributed by atoms with Gasteiger partial charge < -0.3 is 24.8 Å². The van der Waals surface area contributed by atoms with E-state index in [0.717, 1.165) is 13.0 Å². The number of carbonyl (C=O) groups excluding carboxylic acids is 1. The standard InChI is InChI=1S/C22H19ClN4O4/c1-25-22(28)27-18-3-2-14(9-17(18)23)31-20-4-6-26-19-10-21(13(11-24)8-16(19)20)30-12-15-5-7-29-15/h2-4,6,8-10,15H,5,7,12H2,1H3,(H2,25,27,28)/t15-/m1/s1. The largest absolute Gasteiger partial charge is 0.489 e. The number of nitrogens with zero attached hydrogens (tertiary/aromatic N) is 2. The van der Waals surface area contributed by atoms with Crippen LogP contribution in [0.4, 0.5) is 10.5 Å². The first-order chi connectivity index (χ1) is 15.1. The Balaban J connectivity index is 1.60. The lowest BCUT2D eigenvalue weighted by atomic mass is 10.1. The summed E-state index contributed by atoms with van der Waals surface area (Å²) in [5.74, 6) is 1.45. The summed E-state index contributed by atoms with van der Waals surface area (Å²) in [5, 5.41) is 15.6. The molecule has 0 aliphatic carbocycles. The second kappa shape index (κ2) is 9.08. The van der Waals surface area contributed by atoms with Gasteiger partial charge in [0.15, 0.2) is 0 Å². The number of ether oxygens (including phenoxy) is 3. The molecule has 2 amide bonds. The molecule has 1 atom stereocenters. The highest BCUT2D eigenvalue weighted by molar-refractivity contribution is 6.33. The second-order valence-electron chi connectivity index (χ2n) is 6.83. The number of nitriles is 1. The van der Waals surface area contributed by atoms with Gasteiger partial charge in [0.1, 0.15) is 29.9 Å². The molecule has 0 saturated carbocycles. The minimum Gasteiger partial charge on any atom is -0.489 e. The summed E-state index contributed by atoms with van der Waals surface area (Å²) in [6.07, 6.45) is 2.63. The van der Waals surface area contributed by atoms with Crippen molar-refractivity contribution >= 4 is 34.2 Å². The first-order valence-electron chi connectivity index (χ1n) is 9.61. The van der Waals surface area contributed by atoms with Crippen molar-refractivity contribution in [1.82, 2.24) is 10.3 Å². The number of hydrogen-bond acceptors (Lipinski definition) is 6. The molecule has 1 fully saturated rings. The number of aromatic nitrogens is 1. The SMILES string of the molecule is CNC(=O)Nc1ccc(Oc2ccnc3cc(OC[C@H]4CCO4)c(C#N)cc23)cc1Cl. The van der Waals surface area contributed by atoms with E-state index in [4.69, 9.17) is 25.8 Å². The monoisotopic (exact) mass is 438 g/mol. The molecule has 1 saturated heterocycles. The number of halogens is 1. The predicted molar refractivity (Wildman–Crippen MR) is 116 cm³/mol. The first-order valence-corrected chi connectivity index (χ1v) is 9.98. The van der Waals surface area contributed by atoms with E-state index in [1.165, 1.54) is 7.05 Å². The molecule has 1 aromatic heterocycles. The van der Waals surface area contributed by atoms with Gasteiger partial charge in [-0.3, -0.25) is 4.98 Å². The van der Waals surface area contributed by atoms with Gasteiger partial charge in [0.25, 0.3) is 0 Å². The quantitative estimate of drug-likeness (QED) is 0.588. The van der Waals surface area contributed by atoms with E-state index in [1.807, 2.05) is 0 Å². The fraction of sp³-hybridized carbons (Fsp3) is 0.227. The summed E-state index contributed by atoms with van der Waals surface area (Å²) in [6, 6.07) is 11.8. The lowest BCUT2D eigenvalue weighted by Crippen LogP contribution is -2.32. The van der Waals surface area contributed by atoms with Crippen LogP contribution in [-0.4, -0.2) is 37.4 Å². The number of fused-ring (bicyclic) bond motifs is 1. The molecule has 2 heterocycles. The molecule has 0 bridgehead atoms. The Bertz CT molecular complexity index is 1170. The van der Waals surface area contributed by atoms with Gasteiger partial charge in [-0.25, -0.2) is 4.79 Å². The van der Waals surface area contributed by atoms with Crippen molar-refractivity contribution in [3.8, 4) is 23.3 Å². The van der Waals surface area contributed by atoms with Crippen LogP contribution in [0, 0.1) is 11.3 Å². The predicted octanol–water partition coefficient (Wildman–Crippen LogP) is 4.47. The van der Waals surface area contributed by atoms with Crippen molar-refractivity contribution in [3.05, 3.63) is 53.2 Å².